The van der Waals surface area contributed by atoms with Crippen LogP contribution in [0.1, 0.15) is 30.9 Å². The Morgan fingerprint density at radius 2 is 1.90 bits per heavy atom. The number of rotatable bonds is 8. The van der Waals surface area contributed by atoms with E-state index in [2.05, 4.69) is 19.9 Å². The van der Waals surface area contributed by atoms with Crippen molar-refractivity contribution in [2.45, 2.75) is 26.7 Å². The van der Waals surface area contributed by atoms with Gasteiger partial charge in [0.1, 0.15) is 12.4 Å². The fourth-order valence-corrected chi connectivity index (χ4v) is 2.11. The third-order valence-electron chi connectivity index (χ3n) is 2.84. The Bertz CT molecular complexity index is 526. The van der Waals surface area contributed by atoms with Gasteiger partial charge in [-0.05, 0) is 30.0 Å². The molecule has 0 aliphatic heterocycles. The standard InChI is InChI=1S/C14H21ClO4S/c1-11(2)13-5-4-12(3)14(10-13)19-7-6-18-8-9-20(15,16)17/h4-5,10-11H,6-9H2,1-3H3. The average Bonchev–Trinajstić information content (AvgIpc) is 2.34. The first-order chi connectivity index (χ1) is 9.29. The van der Waals surface area contributed by atoms with Crippen molar-refractivity contribution in [2.75, 3.05) is 25.6 Å². The van der Waals surface area contributed by atoms with Crippen LogP contribution in [0.3, 0.4) is 0 Å². The number of aryl methyl sites for hydroxylation is 1. The largest absolute Gasteiger partial charge is 0.491 e. The zero-order chi connectivity index (χ0) is 15.2. The molecule has 1 rings (SSSR count). The van der Waals surface area contributed by atoms with E-state index >= 15 is 0 Å². The van der Waals surface area contributed by atoms with E-state index in [9.17, 15) is 8.42 Å². The molecule has 0 aliphatic carbocycles. The molecule has 0 fully saturated rings. The topological polar surface area (TPSA) is 52.6 Å². The van der Waals surface area contributed by atoms with Gasteiger partial charge in [-0.3, -0.25) is 0 Å². The average molecular weight is 321 g/mol. The summed E-state index contributed by atoms with van der Waals surface area (Å²) < 4.78 is 32.2. The monoisotopic (exact) mass is 320 g/mol. The Morgan fingerprint density at radius 1 is 1.20 bits per heavy atom. The van der Waals surface area contributed by atoms with Crippen LogP contribution in [0, 0.1) is 6.92 Å². The van der Waals surface area contributed by atoms with Crippen molar-refractivity contribution >= 4 is 19.7 Å². The quantitative estimate of drug-likeness (QED) is 0.545. The summed E-state index contributed by atoms with van der Waals surface area (Å²) >= 11 is 0. The second-order valence-electron chi connectivity index (χ2n) is 4.88. The number of ether oxygens (including phenoxy) is 2. The molecule has 6 heteroatoms. The molecule has 1 aromatic rings. The van der Waals surface area contributed by atoms with E-state index < -0.39 is 9.05 Å². The Hall–Kier alpha value is -0.780. The van der Waals surface area contributed by atoms with E-state index in [4.69, 9.17) is 20.2 Å². The fourth-order valence-electron chi connectivity index (χ4n) is 1.60. The summed E-state index contributed by atoms with van der Waals surface area (Å²) in [6.07, 6.45) is 0. The van der Waals surface area contributed by atoms with E-state index in [-0.39, 0.29) is 12.4 Å². The first kappa shape index (κ1) is 17.3. The summed E-state index contributed by atoms with van der Waals surface area (Å²) in [5, 5.41) is 0. The number of hydrogen-bond acceptors (Lipinski definition) is 4. The minimum Gasteiger partial charge on any atom is -0.491 e. The second kappa shape index (κ2) is 7.86. The van der Waals surface area contributed by atoms with Gasteiger partial charge in [-0.15, -0.1) is 0 Å². The van der Waals surface area contributed by atoms with E-state index in [1.54, 1.807) is 0 Å². The van der Waals surface area contributed by atoms with Crippen LogP contribution in [-0.4, -0.2) is 34.0 Å². The van der Waals surface area contributed by atoms with Gasteiger partial charge in [0.2, 0.25) is 9.05 Å². The fraction of sp³-hybridized carbons (Fsp3) is 0.571. The minimum atomic E-state index is -3.48. The SMILES string of the molecule is Cc1ccc(C(C)C)cc1OCCOCCS(=O)(=O)Cl. The van der Waals surface area contributed by atoms with Crippen LogP contribution in [0.25, 0.3) is 0 Å². The van der Waals surface area contributed by atoms with Crippen molar-refractivity contribution in [3.8, 4) is 5.75 Å². The third kappa shape index (κ3) is 6.59. The molecule has 1 aromatic carbocycles. The lowest BCUT2D eigenvalue weighted by Crippen LogP contribution is -2.12. The Labute approximate surface area is 125 Å². The molecule has 0 saturated heterocycles. The lowest BCUT2D eigenvalue weighted by molar-refractivity contribution is 0.111. The maximum absolute atomic E-state index is 10.7. The highest BCUT2D eigenvalue weighted by Gasteiger charge is 2.06. The van der Waals surface area contributed by atoms with Crippen LogP contribution in [-0.2, 0) is 13.8 Å². The Balaban J connectivity index is 2.37. The molecule has 0 aliphatic rings. The zero-order valence-electron chi connectivity index (χ0n) is 12.1. The zero-order valence-corrected chi connectivity index (χ0v) is 13.6. The molecule has 0 atom stereocenters. The molecule has 4 nitrogen and oxygen atoms in total. The van der Waals surface area contributed by atoms with Gasteiger partial charge in [-0.2, -0.15) is 0 Å². The van der Waals surface area contributed by atoms with Gasteiger partial charge in [-0.1, -0.05) is 26.0 Å². The van der Waals surface area contributed by atoms with E-state index in [1.165, 1.54) is 5.56 Å². The van der Waals surface area contributed by atoms with E-state index in [0.717, 1.165) is 11.3 Å². The van der Waals surface area contributed by atoms with Crippen molar-refractivity contribution < 1.29 is 17.9 Å². The molecule has 0 unspecified atom stereocenters. The predicted molar refractivity (Wildman–Crippen MR) is 81.2 cm³/mol. The smallest absolute Gasteiger partial charge is 0.234 e. The van der Waals surface area contributed by atoms with Gasteiger partial charge in [0.25, 0.3) is 0 Å². The maximum atomic E-state index is 10.7. The lowest BCUT2D eigenvalue weighted by atomic mass is 10.0. The van der Waals surface area contributed by atoms with Gasteiger partial charge < -0.3 is 9.47 Å². The van der Waals surface area contributed by atoms with E-state index in [0.29, 0.717) is 19.1 Å². The maximum Gasteiger partial charge on any atom is 0.234 e. The highest BCUT2D eigenvalue weighted by molar-refractivity contribution is 8.13. The van der Waals surface area contributed by atoms with Crippen molar-refractivity contribution in [2.24, 2.45) is 0 Å². The van der Waals surface area contributed by atoms with Gasteiger partial charge in [0.05, 0.1) is 19.0 Å². The minimum absolute atomic E-state index is 0.0835. The molecule has 0 amide bonds. The van der Waals surface area contributed by atoms with Gasteiger partial charge in [-0.25, -0.2) is 8.42 Å². The molecule has 0 bridgehead atoms. The highest BCUT2D eigenvalue weighted by Crippen LogP contribution is 2.24. The molecule has 0 radical (unpaired) electrons. The summed E-state index contributed by atoms with van der Waals surface area (Å²) in [6, 6.07) is 6.16. The summed E-state index contributed by atoms with van der Waals surface area (Å²) in [6.45, 7) is 7.04. The molecule has 0 N–H and O–H groups in total. The van der Waals surface area contributed by atoms with Crippen LogP contribution < -0.4 is 4.74 Å². The lowest BCUT2D eigenvalue weighted by Gasteiger charge is -2.12. The summed E-state index contributed by atoms with van der Waals surface area (Å²) in [4.78, 5) is 0. The number of hydrogen-bond donors (Lipinski definition) is 0. The van der Waals surface area contributed by atoms with Crippen molar-refractivity contribution in [3.05, 3.63) is 29.3 Å². The van der Waals surface area contributed by atoms with Gasteiger partial charge in [0, 0.05) is 10.7 Å². The van der Waals surface area contributed by atoms with Gasteiger partial charge >= 0.3 is 0 Å². The predicted octanol–water partition coefficient (Wildman–Crippen LogP) is 3.08. The summed E-state index contributed by atoms with van der Waals surface area (Å²) in [7, 11) is 1.59. The number of benzene rings is 1. The van der Waals surface area contributed by atoms with Crippen LogP contribution in [0.4, 0.5) is 0 Å². The normalized spacial score (nSPS) is 11.8. The summed E-state index contributed by atoms with van der Waals surface area (Å²) in [5.41, 5.74) is 2.29. The van der Waals surface area contributed by atoms with Crippen molar-refractivity contribution in [3.63, 3.8) is 0 Å². The highest BCUT2D eigenvalue weighted by atomic mass is 35.7. The van der Waals surface area contributed by atoms with Crippen LogP contribution >= 0.6 is 10.7 Å². The molecular formula is C14H21ClO4S. The van der Waals surface area contributed by atoms with Crippen LogP contribution in [0.5, 0.6) is 5.75 Å². The number of halogens is 1. The van der Waals surface area contributed by atoms with Gasteiger partial charge in [0.15, 0.2) is 0 Å². The van der Waals surface area contributed by atoms with E-state index in [1.807, 2.05) is 19.1 Å². The molecular weight excluding hydrogens is 300 g/mol. The van der Waals surface area contributed by atoms with Crippen molar-refractivity contribution in [1.29, 1.82) is 0 Å². The van der Waals surface area contributed by atoms with Crippen LogP contribution in [0.15, 0.2) is 18.2 Å². The first-order valence-corrected chi connectivity index (χ1v) is 9.01. The molecule has 0 spiro atoms. The molecule has 20 heavy (non-hydrogen) atoms. The Kier molecular flexibility index (Phi) is 6.79. The molecule has 0 saturated carbocycles. The summed E-state index contributed by atoms with van der Waals surface area (Å²) in [5.74, 6) is 1.10. The Morgan fingerprint density at radius 3 is 2.50 bits per heavy atom. The second-order valence-corrected chi connectivity index (χ2v) is 7.78. The van der Waals surface area contributed by atoms with Crippen molar-refractivity contribution in [1.82, 2.24) is 0 Å². The third-order valence-corrected chi connectivity index (χ3v) is 3.95. The first-order valence-electron chi connectivity index (χ1n) is 6.53. The molecule has 0 aromatic heterocycles. The molecule has 114 valence electrons. The molecule has 0 heterocycles. The van der Waals surface area contributed by atoms with Crippen LogP contribution in [0.2, 0.25) is 0 Å².